The van der Waals surface area contributed by atoms with E-state index in [4.69, 9.17) is 5.73 Å². The Morgan fingerprint density at radius 2 is 1.90 bits per heavy atom. The monoisotopic (exact) mass is 412 g/mol. The van der Waals surface area contributed by atoms with Crippen LogP contribution in [-0.4, -0.2) is 39.4 Å². The SMILES string of the molecule is CC(C)=C(F)CCC(=O)[C@@H]1C[C@H]2C[C@H]2N1C(=O)Nc1cn(C(N)=O)c2ccccc12. The van der Waals surface area contributed by atoms with Gasteiger partial charge in [-0.2, -0.15) is 0 Å². The fourth-order valence-electron chi connectivity index (χ4n) is 4.33. The number of piperidine rings is 1. The van der Waals surface area contributed by atoms with E-state index in [2.05, 4.69) is 5.32 Å². The van der Waals surface area contributed by atoms with Crippen molar-refractivity contribution < 1.29 is 18.8 Å². The minimum absolute atomic E-state index is 0.0386. The molecule has 0 spiro atoms. The molecule has 4 rings (SSSR count). The summed E-state index contributed by atoms with van der Waals surface area (Å²) in [7, 11) is 0. The Balaban J connectivity index is 1.53. The van der Waals surface area contributed by atoms with E-state index in [-0.39, 0.29) is 36.5 Å². The number of primary amides is 1. The Kier molecular flexibility index (Phi) is 5.09. The number of hydrogen-bond donors (Lipinski definition) is 2. The molecule has 0 bridgehead atoms. The molecule has 8 heteroatoms. The second kappa shape index (κ2) is 7.59. The molecule has 3 atom stereocenters. The number of benzene rings is 1. The molecule has 1 aromatic heterocycles. The van der Waals surface area contributed by atoms with Crippen molar-refractivity contribution in [3.8, 4) is 0 Å². The van der Waals surface area contributed by atoms with Crippen LogP contribution >= 0.6 is 0 Å². The van der Waals surface area contributed by atoms with E-state index in [1.54, 1.807) is 43.0 Å². The number of aromatic nitrogens is 1. The van der Waals surface area contributed by atoms with Crippen LogP contribution in [0.2, 0.25) is 0 Å². The zero-order valence-electron chi connectivity index (χ0n) is 17.0. The smallest absolute Gasteiger partial charge is 0.323 e. The predicted octanol–water partition coefficient (Wildman–Crippen LogP) is 4.18. The summed E-state index contributed by atoms with van der Waals surface area (Å²) >= 11 is 0. The van der Waals surface area contributed by atoms with Crippen LogP contribution in [0.15, 0.2) is 41.9 Å². The van der Waals surface area contributed by atoms with Gasteiger partial charge in [0.05, 0.1) is 23.1 Å². The third-order valence-corrected chi connectivity index (χ3v) is 6.03. The normalized spacial score (nSPS) is 22.0. The van der Waals surface area contributed by atoms with E-state index >= 15 is 0 Å². The Bertz CT molecular complexity index is 1070. The quantitative estimate of drug-likeness (QED) is 0.771. The van der Waals surface area contributed by atoms with Crippen LogP contribution in [0.5, 0.6) is 0 Å². The molecular formula is C22H25FN4O3. The fourth-order valence-corrected chi connectivity index (χ4v) is 4.33. The van der Waals surface area contributed by atoms with Crippen LogP contribution < -0.4 is 11.1 Å². The number of nitrogens with two attached hydrogens (primary N) is 1. The molecule has 158 valence electrons. The number of likely N-dealkylation sites (tertiary alicyclic amines) is 1. The zero-order valence-corrected chi connectivity index (χ0v) is 17.0. The lowest BCUT2D eigenvalue weighted by molar-refractivity contribution is -0.123. The van der Waals surface area contributed by atoms with Crippen molar-refractivity contribution in [2.75, 3.05) is 5.32 Å². The highest BCUT2D eigenvalue weighted by Crippen LogP contribution is 2.48. The van der Waals surface area contributed by atoms with Crippen molar-refractivity contribution in [1.82, 2.24) is 9.47 Å². The Hall–Kier alpha value is -3.16. The first kappa shape index (κ1) is 20.1. The summed E-state index contributed by atoms with van der Waals surface area (Å²) in [6, 6.07) is 5.59. The number of para-hydroxylation sites is 1. The summed E-state index contributed by atoms with van der Waals surface area (Å²) in [4.78, 5) is 39.2. The number of amides is 3. The average molecular weight is 412 g/mol. The lowest BCUT2D eigenvalue weighted by Gasteiger charge is -2.26. The molecule has 3 amide bonds. The maximum Gasteiger partial charge on any atom is 0.323 e. The molecule has 2 aliphatic rings. The van der Waals surface area contributed by atoms with Gasteiger partial charge in [0.2, 0.25) is 0 Å². The maximum absolute atomic E-state index is 13.8. The molecule has 2 heterocycles. The highest BCUT2D eigenvalue weighted by atomic mass is 19.1. The minimum atomic E-state index is -0.649. The second-order valence-corrected chi connectivity index (χ2v) is 8.29. The zero-order chi connectivity index (χ0) is 21.6. The summed E-state index contributed by atoms with van der Waals surface area (Å²) in [5.74, 6) is -0.0694. The summed E-state index contributed by atoms with van der Waals surface area (Å²) in [6.07, 6.45) is 3.13. The molecule has 2 fully saturated rings. The van der Waals surface area contributed by atoms with E-state index in [1.807, 2.05) is 0 Å². The van der Waals surface area contributed by atoms with Crippen molar-refractivity contribution in [1.29, 1.82) is 0 Å². The molecule has 1 saturated heterocycles. The van der Waals surface area contributed by atoms with Gasteiger partial charge in [0, 0.05) is 30.5 Å². The van der Waals surface area contributed by atoms with Gasteiger partial charge in [-0.05, 0) is 44.2 Å². The van der Waals surface area contributed by atoms with Crippen LogP contribution in [0.3, 0.4) is 0 Å². The van der Waals surface area contributed by atoms with E-state index < -0.39 is 12.1 Å². The van der Waals surface area contributed by atoms with Gasteiger partial charge in [-0.25, -0.2) is 14.0 Å². The molecule has 2 aromatic rings. The van der Waals surface area contributed by atoms with Crippen molar-refractivity contribution in [2.24, 2.45) is 11.7 Å². The fraction of sp³-hybridized carbons (Fsp3) is 0.409. The van der Waals surface area contributed by atoms with E-state index in [1.165, 1.54) is 10.8 Å². The molecular weight excluding hydrogens is 387 g/mol. The number of urea groups is 1. The molecule has 1 aromatic carbocycles. The molecule has 3 N–H and O–H groups in total. The number of carbonyl (C=O) groups excluding carboxylic acids is 3. The third-order valence-electron chi connectivity index (χ3n) is 6.03. The summed E-state index contributed by atoms with van der Waals surface area (Å²) in [6.45, 7) is 3.35. The number of nitrogens with one attached hydrogen (secondary N) is 1. The average Bonchev–Trinajstić information content (AvgIpc) is 3.21. The number of allylic oxidation sites excluding steroid dienone is 2. The minimum Gasteiger partial charge on any atom is -0.351 e. The molecule has 30 heavy (non-hydrogen) atoms. The standard InChI is InChI=1S/C22H25FN4O3/c1-12(2)15(23)7-8-20(28)19-10-13-9-18(13)27(19)22(30)25-16-11-26(21(24)29)17-6-4-3-5-14(16)17/h3-6,11,13,18-19H,7-10H2,1-2H3,(H2,24,29)(H,25,30)/t13-,18-,19+/m1/s1. The van der Waals surface area contributed by atoms with E-state index in [0.29, 0.717) is 34.5 Å². The van der Waals surface area contributed by atoms with Gasteiger partial charge in [-0.1, -0.05) is 18.2 Å². The lowest BCUT2D eigenvalue weighted by Crippen LogP contribution is -2.45. The van der Waals surface area contributed by atoms with E-state index in [9.17, 15) is 18.8 Å². The number of halogens is 1. The summed E-state index contributed by atoms with van der Waals surface area (Å²) in [5, 5.41) is 3.53. The first-order chi connectivity index (χ1) is 14.3. The van der Waals surface area contributed by atoms with Crippen molar-refractivity contribution >= 4 is 34.4 Å². The number of ketones is 1. The van der Waals surface area contributed by atoms with E-state index in [0.717, 1.165) is 6.42 Å². The molecule has 0 radical (unpaired) electrons. The summed E-state index contributed by atoms with van der Waals surface area (Å²) in [5.41, 5.74) is 7.06. The third kappa shape index (κ3) is 3.58. The highest BCUT2D eigenvalue weighted by molar-refractivity contribution is 6.05. The first-order valence-corrected chi connectivity index (χ1v) is 10.1. The number of hydrogen-bond acceptors (Lipinski definition) is 3. The van der Waals surface area contributed by atoms with Crippen LogP contribution in [0.1, 0.15) is 39.5 Å². The number of rotatable bonds is 5. The van der Waals surface area contributed by atoms with Crippen molar-refractivity contribution in [2.45, 2.75) is 51.6 Å². The van der Waals surface area contributed by atoms with Gasteiger partial charge >= 0.3 is 12.1 Å². The second-order valence-electron chi connectivity index (χ2n) is 8.29. The van der Waals surface area contributed by atoms with Gasteiger partial charge in [0.1, 0.15) is 0 Å². The Morgan fingerprint density at radius 3 is 2.60 bits per heavy atom. The number of anilines is 1. The van der Waals surface area contributed by atoms with Gasteiger partial charge in [0.25, 0.3) is 0 Å². The van der Waals surface area contributed by atoms with Crippen molar-refractivity contribution in [3.63, 3.8) is 0 Å². The molecule has 7 nitrogen and oxygen atoms in total. The van der Waals surface area contributed by atoms with Gasteiger partial charge in [0.15, 0.2) is 5.78 Å². The largest absolute Gasteiger partial charge is 0.351 e. The number of fused-ring (bicyclic) bond motifs is 2. The van der Waals surface area contributed by atoms with Gasteiger partial charge < -0.3 is 16.0 Å². The first-order valence-electron chi connectivity index (χ1n) is 10.1. The Labute approximate surface area is 173 Å². The highest BCUT2D eigenvalue weighted by Gasteiger charge is 2.55. The topological polar surface area (TPSA) is 97.4 Å². The van der Waals surface area contributed by atoms with Crippen molar-refractivity contribution in [3.05, 3.63) is 41.9 Å². The number of carbonyl (C=O) groups is 3. The van der Waals surface area contributed by atoms with Gasteiger partial charge in [-0.15, -0.1) is 0 Å². The number of Topliss-reactive ketones (excluding diaryl/α,β-unsaturated/α-hetero) is 1. The lowest BCUT2D eigenvalue weighted by atomic mass is 10.0. The summed E-state index contributed by atoms with van der Waals surface area (Å²) < 4.78 is 15.1. The molecule has 1 aliphatic heterocycles. The molecule has 0 unspecified atom stereocenters. The Morgan fingerprint density at radius 1 is 1.17 bits per heavy atom. The van der Waals surface area contributed by atoms with Crippen LogP contribution in [0, 0.1) is 5.92 Å². The van der Waals surface area contributed by atoms with Gasteiger partial charge in [-0.3, -0.25) is 9.36 Å². The van der Waals surface area contributed by atoms with Crippen LogP contribution in [-0.2, 0) is 4.79 Å². The predicted molar refractivity (Wildman–Crippen MR) is 112 cm³/mol. The van der Waals surface area contributed by atoms with Crippen LogP contribution in [0.25, 0.3) is 10.9 Å². The molecule has 1 aliphatic carbocycles. The molecule has 1 saturated carbocycles. The maximum atomic E-state index is 13.8. The van der Waals surface area contributed by atoms with Crippen LogP contribution in [0.4, 0.5) is 19.7 Å². The number of nitrogens with zero attached hydrogens (tertiary/aromatic N) is 2.